The van der Waals surface area contributed by atoms with Gasteiger partial charge in [0.2, 0.25) is 0 Å². The summed E-state index contributed by atoms with van der Waals surface area (Å²) in [5, 5.41) is 7.57. The van der Waals surface area contributed by atoms with E-state index < -0.39 is 0 Å². The molecule has 54 valence electrons. The Labute approximate surface area is 54.6 Å². The van der Waals surface area contributed by atoms with Crippen molar-refractivity contribution in [2.45, 2.75) is 13.3 Å². The van der Waals surface area contributed by atoms with E-state index in [1.807, 2.05) is 0 Å². The number of carbonyl (C=O) groups is 1. The lowest BCUT2D eigenvalue weighted by Gasteiger charge is -1.75. The van der Waals surface area contributed by atoms with Crippen molar-refractivity contribution >= 4 is 5.78 Å². The molecule has 0 aromatic carbocycles. The Bertz CT molecular complexity index is 72.4. The molecule has 1 saturated heterocycles. The van der Waals surface area contributed by atoms with E-state index in [-0.39, 0.29) is 12.4 Å². The molecule has 0 radical (unpaired) electrons. The Morgan fingerprint density at radius 1 is 1.78 bits per heavy atom. The summed E-state index contributed by atoms with van der Waals surface area (Å²) in [5.74, 6) is 0.231. The van der Waals surface area contributed by atoms with Gasteiger partial charge in [0.05, 0.1) is 6.61 Å². The third-order valence-electron chi connectivity index (χ3n) is 0.788. The van der Waals surface area contributed by atoms with Crippen LogP contribution in [0.15, 0.2) is 0 Å². The van der Waals surface area contributed by atoms with E-state index in [0.29, 0.717) is 19.6 Å². The fourth-order valence-corrected chi connectivity index (χ4v) is 0.444. The zero-order chi connectivity index (χ0) is 7.11. The standard InChI is InChI=1S/C4H6O2.C2H6O/c5-4-1-2-6-3-4;1-2-3/h1-3H2;3H,2H2,1H3. The van der Waals surface area contributed by atoms with Crippen LogP contribution >= 0.6 is 0 Å². The van der Waals surface area contributed by atoms with Crippen molar-refractivity contribution in [1.82, 2.24) is 0 Å². The van der Waals surface area contributed by atoms with Crippen molar-refractivity contribution in [3.8, 4) is 0 Å². The average molecular weight is 132 g/mol. The van der Waals surface area contributed by atoms with Crippen LogP contribution in [0.3, 0.4) is 0 Å². The molecule has 0 aliphatic carbocycles. The summed E-state index contributed by atoms with van der Waals surface area (Å²) in [4.78, 5) is 10.1. The Morgan fingerprint density at radius 3 is 2.44 bits per heavy atom. The van der Waals surface area contributed by atoms with Crippen LogP contribution in [0, 0.1) is 0 Å². The lowest BCUT2D eigenvalue weighted by molar-refractivity contribution is -0.117. The fraction of sp³-hybridized carbons (Fsp3) is 0.833. The van der Waals surface area contributed by atoms with E-state index in [9.17, 15) is 4.79 Å². The van der Waals surface area contributed by atoms with Gasteiger partial charge in [0.25, 0.3) is 0 Å². The highest BCUT2D eigenvalue weighted by Gasteiger charge is 2.07. The first kappa shape index (κ1) is 8.59. The molecule has 3 heteroatoms. The van der Waals surface area contributed by atoms with E-state index >= 15 is 0 Å². The van der Waals surface area contributed by atoms with Gasteiger partial charge in [0.15, 0.2) is 5.78 Å². The van der Waals surface area contributed by atoms with Gasteiger partial charge in [-0.05, 0) is 6.92 Å². The maximum Gasteiger partial charge on any atom is 0.160 e. The second-order valence-corrected chi connectivity index (χ2v) is 1.66. The van der Waals surface area contributed by atoms with E-state index in [4.69, 9.17) is 9.84 Å². The van der Waals surface area contributed by atoms with Crippen LogP contribution in [-0.4, -0.2) is 30.7 Å². The topological polar surface area (TPSA) is 46.5 Å². The normalized spacial score (nSPS) is 16.9. The lowest BCUT2D eigenvalue weighted by atomic mass is 10.4. The zero-order valence-corrected chi connectivity index (χ0v) is 5.59. The Hall–Kier alpha value is -0.410. The molecule has 0 bridgehead atoms. The van der Waals surface area contributed by atoms with Gasteiger partial charge in [-0.1, -0.05) is 0 Å². The predicted octanol–water partition coefficient (Wildman–Crippen LogP) is -0.0256. The molecule has 0 aromatic rings. The van der Waals surface area contributed by atoms with Gasteiger partial charge in [0, 0.05) is 13.0 Å². The molecule has 0 saturated carbocycles. The third-order valence-corrected chi connectivity index (χ3v) is 0.788. The van der Waals surface area contributed by atoms with Crippen molar-refractivity contribution in [2.75, 3.05) is 19.8 Å². The lowest BCUT2D eigenvalue weighted by Crippen LogP contribution is -1.91. The molecule has 0 atom stereocenters. The van der Waals surface area contributed by atoms with Crippen LogP contribution in [0.5, 0.6) is 0 Å². The molecule has 0 unspecified atom stereocenters. The van der Waals surface area contributed by atoms with Crippen LogP contribution < -0.4 is 0 Å². The molecule has 0 spiro atoms. The number of ether oxygens (including phenoxy) is 1. The molecule has 0 aromatic heterocycles. The van der Waals surface area contributed by atoms with Crippen LogP contribution in [0.1, 0.15) is 13.3 Å². The number of aliphatic hydroxyl groups is 1. The molecule has 1 aliphatic heterocycles. The maximum atomic E-state index is 10.1. The third kappa shape index (κ3) is 5.46. The first-order valence-electron chi connectivity index (χ1n) is 3.01. The van der Waals surface area contributed by atoms with E-state index in [1.165, 1.54) is 0 Å². The number of aliphatic hydroxyl groups excluding tert-OH is 1. The van der Waals surface area contributed by atoms with Gasteiger partial charge >= 0.3 is 0 Å². The maximum absolute atomic E-state index is 10.1. The van der Waals surface area contributed by atoms with Gasteiger partial charge in [-0.3, -0.25) is 4.79 Å². The highest BCUT2D eigenvalue weighted by Crippen LogP contribution is 1.94. The van der Waals surface area contributed by atoms with Crippen molar-refractivity contribution in [3.63, 3.8) is 0 Å². The van der Waals surface area contributed by atoms with E-state index in [0.717, 1.165) is 0 Å². The molecule has 9 heavy (non-hydrogen) atoms. The van der Waals surface area contributed by atoms with Crippen molar-refractivity contribution in [1.29, 1.82) is 0 Å². The summed E-state index contributed by atoms with van der Waals surface area (Å²) in [6, 6.07) is 0. The van der Waals surface area contributed by atoms with Gasteiger partial charge in [-0.25, -0.2) is 0 Å². The second kappa shape index (κ2) is 5.72. The van der Waals surface area contributed by atoms with Crippen LogP contribution in [0.4, 0.5) is 0 Å². The molecule has 0 amide bonds. The summed E-state index contributed by atoms with van der Waals surface area (Å²) in [6.45, 7) is 2.92. The van der Waals surface area contributed by atoms with Crippen molar-refractivity contribution in [2.24, 2.45) is 0 Å². The minimum absolute atomic E-state index is 0.231. The minimum Gasteiger partial charge on any atom is -0.397 e. The first-order valence-corrected chi connectivity index (χ1v) is 3.01. The quantitative estimate of drug-likeness (QED) is 0.503. The number of ketones is 1. The molecule has 1 aliphatic rings. The molecule has 1 heterocycles. The summed E-state index contributed by atoms with van der Waals surface area (Å²) >= 11 is 0. The summed E-state index contributed by atoms with van der Waals surface area (Å²) < 4.78 is 4.71. The number of Topliss-reactive ketones (excluding diaryl/α,β-unsaturated/α-hetero) is 1. The highest BCUT2D eigenvalue weighted by molar-refractivity contribution is 5.81. The number of hydrogen-bond acceptors (Lipinski definition) is 3. The van der Waals surface area contributed by atoms with Gasteiger partial charge in [-0.2, -0.15) is 0 Å². The largest absolute Gasteiger partial charge is 0.397 e. The Balaban J connectivity index is 0.000000187. The number of hydrogen-bond donors (Lipinski definition) is 1. The van der Waals surface area contributed by atoms with Crippen LogP contribution in [-0.2, 0) is 9.53 Å². The predicted molar refractivity (Wildman–Crippen MR) is 33.2 cm³/mol. The molecule has 1 fully saturated rings. The SMILES string of the molecule is CCO.O=C1CCOC1. The Morgan fingerprint density at radius 2 is 2.33 bits per heavy atom. The van der Waals surface area contributed by atoms with Crippen LogP contribution in [0.2, 0.25) is 0 Å². The Kier molecular flexibility index (Phi) is 5.46. The zero-order valence-electron chi connectivity index (χ0n) is 5.59. The monoisotopic (exact) mass is 132 g/mol. The number of carbonyl (C=O) groups excluding carboxylic acids is 1. The molecular formula is C6H12O3. The van der Waals surface area contributed by atoms with Gasteiger partial charge in [0.1, 0.15) is 6.61 Å². The summed E-state index contributed by atoms with van der Waals surface area (Å²) in [5.41, 5.74) is 0. The van der Waals surface area contributed by atoms with Crippen molar-refractivity contribution in [3.05, 3.63) is 0 Å². The minimum atomic E-state index is 0.231. The molecule has 1 rings (SSSR count). The fourth-order valence-electron chi connectivity index (χ4n) is 0.444. The molecule has 1 N–H and O–H groups in total. The van der Waals surface area contributed by atoms with E-state index in [1.54, 1.807) is 6.92 Å². The summed E-state index contributed by atoms with van der Waals surface area (Å²) in [6.07, 6.45) is 0.625. The van der Waals surface area contributed by atoms with E-state index in [2.05, 4.69) is 0 Å². The average Bonchev–Trinajstić information content (AvgIpc) is 2.20. The summed E-state index contributed by atoms with van der Waals surface area (Å²) in [7, 11) is 0. The first-order chi connectivity index (χ1) is 4.31. The highest BCUT2D eigenvalue weighted by atomic mass is 16.5. The van der Waals surface area contributed by atoms with Gasteiger partial charge < -0.3 is 9.84 Å². The molecule has 3 nitrogen and oxygen atoms in total. The van der Waals surface area contributed by atoms with Crippen molar-refractivity contribution < 1.29 is 14.6 Å². The molecular weight excluding hydrogens is 120 g/mol. The number of rotatable bonds is 0. The smallest absolute Gasteiger partial charge is 0.160 e. The second-order valence-electron chi connectivity index (χ2n) is 1.66. The van der Waals surface area contributed by atoms with Crippen LogP contribution in [0.25, 0.3) is 0 Å². The van der Waals surface area contributed by atoms with Gasteiger partial charge in [-0.15, -0.1) is 0 Å².